The van der Waals surface area contributed by atoms with Crippen LogP contribution in [0.25, 0.3) is 5.52 Å². The molecular weight excluding hydrogens is 166 g/mol. The summed E-state index contributed by atoms with van der Waals surface area (Å²) in [5.41, 5.74) is 2.12. The summed E-state index contributed by atoms with van der Waals surface area (Å²) in [6, 6.07) is 3.72. The number of nitrogens with zero attached hydrogens (tertiary/aromatic N) is 3. The first-order chi connectivity index (χ1) is 6.22. The highest BCUT2D eigenvalue weighted by atomic mass is 16.1. The lowest BCUT2D eigenvalue weighted by atomic mass is 10.3. The van der Waals surface area contributed by atoms with Crippen molar-refractivity contribution in [3.05, 3.63) is 29.3 Å². The third-order valence-corrected chi connectivity index (χ3v) is 1.93. The van der Waals surface area contributed by atoms with Gasteiger partial charge in [-0.05, 0) is 26.0 Å². The number of carbonyl (C=O) groups excluding carboxylic acids is 1. The molecule has 2 aromatic heterocycles. The van der Waals surface area contributed by atoms with E-state index in [0.29, 0.717) is 5.69 Å². The Kier molecular flexibility index (Phi) is 1.62. The van der Waals surface area contributed by atoms with Gasteiger partial charge in [0.15, 0.2) is 6.29 Å². The second kappa shape index (κ2) is 2.65. The van der Waals surface area contributed by atoms with E-state index in [2.05, 4.69) is 10.1 Å². The Morgan fingerprint density at radius 1 is 1.38 bits per heavy atom. The van der Waals surface area contributed by atoms with Gasteiger partial charge in [-0.2, -0.15) is 5.10 Å². The third kappa shape index (κ3) is 1.11. The minimum absolute atomic E-state index is 0.449. The molecule has 0 fully saturated rings. The van der Waals surface area contributed by atoms with Crippen molar-refractivity contribution in [3.8, 4) is 0 Å². The lowest BCUT2D eigenvalue weighted by Crippen LogP contribution is -1.95. The SMILES string of the molecule is Cc1ccc2c(C=O)nc(C)n2n1. The zero-order valence-electron chi connectivity index (χ0n) is 7.48. The Hall–Kier alpha value is -1.71. The zero-order valence-corrected chi connectivity index (χ0v) is 7.48. The molecule has 0 spiro atoms. The first-order valence-corrected chi connectivity index (χ1v) is 4.00. The molecule has 0 saturated carbocycles. The quantitative estimate of drug-likeness (QED) is 0.611. The molecule has 4 nitrogen and oxygen atoms in total. The van der Waals surface area contributed by atoms with Crippen LogP contribution in [0.4, 0.5) is 0 Å². The van der Waals surface area contributed by atoms with Crippen molar-refractivity contribution in [1.29, 1.82) is 0 Å². The second-order valence-corrected chi connectivity index (χ2v) is 2.93. The lowest BCUT2D eigenvalue weighted by Gasteiger charge is -1.95. The second-order valence-electron chi connectivity index (χ2n) is 2.93. The predicted molar refractivity (Wildman–Crippen MR) is 47.8 cm³/mol. The molecular formula is C9H9N3O. The molecule has 0 radical (unpaired) electrons. The Morgan fingerprint density at radius 2 is 2.15 bits per heavy atom. The number of aryl methyl sites for hydroxylation is 2. The monoisotopic (exact) mass is 175 g/mol. The normalized spacial score (nSPS) is 10.6. The Balaban J connectivity index is 2.88. The smallest absolute Gasteiger partial charge is 0.170 e. The molecule has 0 N–H and O–H groups in total. The van der Waals surface area contributed by atoms with Crippen molar-refractivity contribution < 1.29 is 4.79 Å². The number of hydrogen-bond acceptors (Lipinski definition) is 3. The molecule has 0 bridgehead atoms. The van der Waals surface area contributed by atoms with Crippen molar-refractivity contribution in [2.75, 3.05) is 0 Å². The topological polar surface area (TPSA) is 47.3 Å². The van der Waals surface area contributed by atoms with E-state index in [9.17, 15) is 4.79 Å². The highest BCUT2D eigenvalue weighted by Gasteiger charge is 2.07. The van der Waals surface area contributed by atoms with Gasteiger partial charge in [-0.25, -0.2) is 9.50 Å². The summed E-state index contributed by atoms with van der Waals surface area (Å²) >= 11 is 0. The summed E-state index contributed by atoms with van der Waals surface area (Å²) in [6.45, 7) is 3.73. The van der Waals surface area contributed by atoms with Gasteiger partial charge in [0.1, 0.15) is 11.5 Å². The van der Waals surface area contributed by atoms with E-state index in [4.69, 9.17) is 0 Å². The van der Waals surface area contributed by atoms with Crippen LogP contribution in [0, 0.1) is 13.8 Å². The maximum Gasteiger partial charge on any atom is 0.170 e. The summed E-state index contributed by atoms with van der Waals surface area (Å²) in [4.78, 5) is 14.7. The van der Waals surface area contributed by atoms with Gasteiger partial charge in [0.25, 0.3) is 0 Å². The Bertz CT molecular complexity index is 473. The molecule has 0 aromatic carbocycles. The number of fused-ring (bicyclic) bond motifs is 1. The van der Waals surface area contributed by atoms with Crippen LogP contribution in [0.15, 0.2) is 12.1 Å². The average molecular weight is 175 g/mol. The molecule has 0 unspecified atom stereocenters. The van der Waals surface area contributed by atoms with Crippen molar-refractivity contribution in [2.24, 2.45) is 0 Å². The minimum Gasteiger partial charge on any atom is -0.296 e. The number of aldehydes is 1. The molecule has 2 heterocycles. The summed E-state index contributed by atoms with van der Waals surface area (Å²) < 4.78 is 1.68. The Labute approximate surface area is 75.2 Å². The summed E-state index contributed by atoms with van der Waals surface area (Å²) in [7, 11) is 0. The van der Waals surface area contributed by atoms with E-state index in [1.807, 2.05) is 26.0 Å². The summed E-state index contributed by atoms with van der Waals surface area (Å²) in [5, 5.41) is 4.24. The maximum absolute atomic E-state index is 10.6. The molecule has 0 aliphatic carbocycles. The van der Waals surface area contributed by atoms with Crippen molar-refractivity contribution in [3.63, 3.8) is 0 Å². The molecule has 0 aliphatic rings. The number of rotatable bonds is 1. The summed E-state index contributed by atoms with van der Waals surface area (Å²) in [6.07, 6.45) is 0.749. The van der Waals surface area contributed by atoms with Crippen LogP contribution in [0.3, 0.4) is 0 Å². The van der Waals surface area contributed by atoms with Crippen LogP contribution in [0.2, 0.25) is 0 Å². The van der Waals surface area contributed by atoms with E-state index >= 15 is 0 Å². The fourth-order valence-corrected chi connectivity index (χ4v) is 1.32. The number of carbonyl (C=O) groups is 1. The molecule has 13 heavy (non-hydrogen) atoms. The first-order valence-electron chi connectivity index (χ1n) is 4.00. The van der Waals surface area contributed by atoms with E-state index in [1.54, 1.807) is 4.52 Å². The predicted octanol–water partition coefficient (Wildman–Crippen LogP) is 1.16. The van der Waals surface area contributed by atoms with Crippen molar-refractivity contribution in [2.45, 2.75) is 13.8 Å². The van der Waals surface area contributed by atoms with Gasteiger partial charge in [-0.15, -0.1) is 0 Å². The molecule has 2 rings (SSSR count). The van der Waals surface area contributed by atoms with Gasteiger partial charge < -0.3 is 0 Å². The van der Waals surface area contributed by atoms with E-state index in [-0.39, 0.29) is 0 Å². The highest BCUT2D eigenvalue weighted by molar-refractivity contribution is 5.83. The average Bonchev–Trinajstić information content (AvgIpc) is 2.43. The third-order valence-electron chi connectivity index (χ3n) is 1.93. The van der Waals surface area contributed by atoms with Gasteiger partial charge in [0.05, 0.1) is 11.2 Å². The molecule has 0 aliphatic heterocycles. The van der Waals surface area contributed by atoms with E-state index < -0.39 is 0 Å². The molecule has 0 saturated heterocycles. The minimum atomic E-state index is 0.449. The summed E-state index contributed by atoms with van der Waals surface area (Å²) in [5.74, 6) is 0.737. The fraction of sp³-hybridized carbons (Fsp3) is 0.222. The number of hydrogen-bond donors (Lipinski definition) is 0. The van der Waals surface area contributed by atoms with Crippen LogP contribution in [-0.4, -0.2) is 20.9 Å². The largest absolute Gasteiger partial charge is 0.296 e. The van der Waals surface area contributed by atoms with Crippen LogP contribution in [-0.2, 0) is 0 Å². The van der Waals surface area contributed by atoms with Crippen LogP contribution in [0.5, 0.6) is 0 Å². The fourth-order valence-electron chi connectivity index (χ4n) is 1.32. The molecule has 0 atom stereocenters. The lowest BCUT2D eigenvalue weighted by molar-refractivity contribution is 0.112. The van der Waals surface area contributed by atoms with E-state index in [0.717, 1.165) is 23.3 Å². The van der Waals surface area contributed by atoms with E-state index in [1.165, 1.54) is 0 Å². The van der Waals surface area contributed by atoms with Crippen LogP contribution in [0.1, 0.15) is 22.0 Å². The van der Waals surface area contributed by atoms with Crippen molar-refractivity contribution >= 4 is 11.8 Å². The van der Waals surface area contributed by atoms with Crippen LogP contribution < -0.4 is 0 Å². The molecule has 66 valence electrons. The van der Waals surface area contributed by atoms with Gasteiger partial charge in [0.2, 0.25) is 0 Å². The zero-order chi connectivity index (χ0) is 9.42. The maximum atomic E-state index is 10.6. The van der Waals surface area contributed by atoms with Crippen LogP contribution >= 0.6 is 0 Å². The standard InChI is InChI=1S/C9H9N3O/c1-6-3-4-9-8(5-13)10-7(2)12(9)11-6/h3-5H,1-2H3. The van der Waals surface area contributed by atoms with Gasteiger partial charge in [-0.1, -0.05) is 0 Å². The van der Waals surface area contributed by atoms with Gasteiger partial charge >= 0.3 is 0 Å². The molecule has 0 amide bonds. The number of imidazole rings is 1. The highest BCUT2D eigenvalue weighted by Crippen LogP contribution is 2.09. The van der Waals surface area contributed by atoms with Crippen molar-refractivity contribution in [1.82, 2.24) is 14.6 Å². The number of aromatic nitrogens is 3. The van der Waals surface area contributed by atoms with Gasteiger partial charge in [0, 0.05) is 0 Å². The molecule has 4 heteroatoms. The Morgan fingerprint density at radius 3 is 2.85 bits per heavy atom. The first kappa shape index (κ1) is 7.91. The van der Waals surface area contributed by atoms with Gasteiger partial charge in [-0.3, -0.25) is 4.79 Å². The molecule has 2 aromatic rings.